The molecule has 0 radical (unpaired) electrons. The Morgan fingerprint density at radius 2 is 1.87 bits per heavy atom. The van der Waals surface area contributed by atoms with Crippen molar-refractivity contribution in [1.82, 2.24) is 34.1 Å². The number of halogens is 2. The first kappa shape index (κ1) is 30.0. The van der Waals surface area contributed by atoms with Gasteiger partial charge in [-0.25, -0.2) is 14.5 Å². The fourth-order valence-electron chi connectivity index (χ4n) is 5.68. The third-order valence-electron chi connectivity index (χ3n) is 8.21. The van der Waals surface area contributed by atoms with Gasteiger partial charge in [-0.1, -0.05) is 29.8 Å². The van der Waals surface area contributed by atoms with E-state index in [9.17, 15) is 14.4 Å². The standard InChI is InChI=1S/C33H29BrClN7O4/c1-20-16-40-29(17-39(20)32(44)21-6-13-26(34)27(35)14-21)30(42(33(40)45)23-7-9-24(10-8-23)46-25-11-12-25)31(43)37-15-22-4-2-3-5-28(22)41-19-36-18-38-41/h2-10,13-14,18-20,25H,11-12,15-17H2,1H3,(H,37,43). The van der Waals surface area contributed by atoms with E-state index in [1.54, 1.807) is 50.8 Å². The summed E-state index contributed by atoms with van der Waals surface area (Å²) >= 11 is 9.68. The summed E-state index contributed by atoms with van der Waals surface area (Å²) in [5.74, 6) is 0.00627. The average molecular weight is 703 g/mol. The highest BCUT2D eigenvalue weighted by atomic mass is 79.9. The molecule has 3 heterocycles. The van der Waals surface area contributed by atoms with E-state index in [-0.39, 0.29) is 49.1 Å². The molecule has 1 fully saturated rings. The Hall–Kier alpha value is -4.68. The molecular weight excluding hydrogens is 674 g/mol. The van der Waals surface area contributed by atoms with Crippen molar-refractivity contribution in [3.8, 4) is 17.1 Å². The Kier molecular flexibility index (Phi) is 7.99. The van der Waals surface area contributed by atoms with Gasteiger partial charge in [-0.05, 0) is 89.8 Å². The summed E-state index contributed by atoms with van der Waals surface area (Å²) in [7, 11) is 0. The monoisotopic (exact) mass is 701 g/mol. The number of imidazole rings is 1. The Balaban J connectivity index is 1.26. The second kappa shape index (κ2) is 12.3. The highest BCUT2D eigenvalue weighted by Gasteiger charge is 2.35. The van der Waals surface area contributed by atoms with E-state index in [1.165, 1.54) is 10.9 Å². The maximum atomic E-state index is 14.2. The number of benzene rings is 3. The van der Waals surface area contributed by atoms with Crippen molar-refractivity contribution in [2.45, 2.75) is 51.5 Å². The highest BCUT2D eigenvalue weighted by Crippen LogP contribution is 2.30. The van der Waals surface area contributed by atoms with Crippen molar-refractivity contribution in [1.29, 1.82) is 0 Å². The third-order valence-corrected chi connectivity index (χ3v) is 9.44. The van der Waals surface area contributed by atoms with Gasteiger partial charge in [0.1, 0.15) is 24.1 Å². The second-order valence-corrected chi connectivity index (χ2v) is 12.7. The zero-order chi connectivity index (χ0) is 31.9. The van der Waals surface area contributed by atoms with Crippen LogP contribution in [-0.4, -0.2) is 52.8 Å². The number of hydrogen-bond acceptors (Lipinski definition) is 6. The van der Waals surface area contributed by atoms with Gasteiger partial charge < -0.3 is 15.0 Å². The summed E-state index contributed by atoms with van der Waals surface area (Å²) in [6.45, 7) is 2.32. The SMILES string of the molecule is CC1Cn2c(c(C(=O)NCc3ccccc3-n3cncn3)n(-c3ccc(OC4CC4)cc3)c2=O)CN1C(=O)c1ccc(Br)c(Cl)c1. The number of para-hydroxylation sites is 1. The lowest BCUT2D eigenvalue weighted by Crippen LogP contribution is -2.47. The number of ether oxygens (including phenoxy) is 1. The molecule has 13 heteroatoms. The van der Waals surface area contributed by atoms with Crippen LogP contribution in [0.1, 0.15) is 51.9 Å². The molecular formula is C33H29BrClN7O4. The highest BCUT2D eigenvalue weighted by molar-refractivity contribution is 9.10. The van der Waals surface area contributed by atoms with Gasteiger partial charge in [0.2, 0.25) is 0 Å². The van der Waals surface area contributed by atoms with Gasteiger partial charge >= 0.3 is 5.69 Å². The number of carbonyl (C=O) groups is 2. The molecule has 1 saturated carbocycles. The fraction of sp³-hybridized carbons (Fsp3) is 0.242. The first-order chi connectivity index (χ1) is 22.3. The minimum absolute atomic E-state index is 0.0527. The van der Waals surface area contributed by atoms with E-state index in [1.807, 2.05) is 43.3 Å². The molecule has 46 heavy (non-hydrogen) atoms. The number of fused-ring (bicyclic) bond motifs is 1. The molecule has 1 aliphatic carbocycles. The lowest BCUT2D eigenvalue weighted by molar-refractivity contribution is 0.0610. The van der Waals surface area contributed by atoms with Crippen LogP contribution in [-0.2, 0) is 19.6 Å². The third kappa shape index (κ3) is 5.74. The molecule has 1 aliphatic heterocycles. The Labute approximate surface area is 277 Å². The predicted octanol–water partition coefficient (Wildman–Crippen LogP) is 5.15. The van der Waals surface area contributed by atoms with E-state index in [2.05, 4.69) is 31.3 Å². The van der Waals surface area contributed by atoms with E-state index < -0.39 is 5.91 Å². The Bertz CT molecular complexity index is 2000. The van der Waals surface area contributed by atoms with Crippen LogP contribution < -0.4 is 15.7 Å². The van der Waals surface area contributed by atoms with Crippen LogP contribution in [0.15, 0.2) is 88.7 Å². The first-order valence-electron chi connectivity index (χ1n) is 14.9. The Morgan fingerprint density at radius 1 is 1.09 bits per heavy atom. The number of amides is 2. The number of rotatable bonds is 8. The van der Waals surface area contributed by atoms with Gasteiger partial charge in [-0.15, -0.1) is 0 Å². The lowest BCUT2D eigenvalue weighted by atomic mass is 10.1. The minimum atomic E-state index is -0.453. The molecule has 0 spiro atoms. The van der Waals surface area contributed by atoms with Crippen molar-refractivity contribution in [2.75, 3.05) is 0 Å². The summed E-state index contributed by atoms with van der Waals surface area (Å²) in [6.07, 6.45) is 5.31. The average Bonchev–Trinajstić information content (AvgIpc) is 3.61. The molecule has 3 aromatic carbocycles. The number of aromatic nitrogens is 5. The van der Waals surface area contributed by atoms with Gasteiger partial charge in [0.25, 0.3) is 11.8 Å². The molecule has 5 aromatic rings. The molecule has 0 bridgehead atoms. The molecule has 1 atom stereocenters. The first-order valence-corrected chi connectivity index (χ1v) is 16.0. The smallest absolute Gasteiger partial charge is 0.333 e. The molecule has 7 rings (SSSR count). The second-order valence-electron chi connectivity index (χ2n) is 11.4. The van der Waals surface area contributed by atoms with E-state index >= 15 is 0 Å². The summed E-state index contributed by atoms with van der Waals surface area (Å²) < 4.78 is 11.2. The number of nitrogens with one attached hydrogen (secondary N) is 1. The van der Waals surface area contributed by atoms with Gasteiger partial charge in [-0.3, -0.25) is 18.7 Å². The maximum absolute atomic E-state index is 14.2. The zero-order valence-corrected chi connectivity index (χ0v) is 27.1. The number of hydrogen-bond donors (Lipinski definition) is 1. The van der Waals surface area contributed by atoms with Gasteiger partial charge in [0, 0.05) is 29.2 Å². The van der Waals surface area contributed by atoms with Gasteiger partial charge in [0.05, 0.1) is 34.7 Å². The molecule has 2 aliphatic rings. The fourth-order valence-corrected chi connectivity index (χ4v) is 6.11. The van der Waals surface area contributed by atoms with E-state index in [4.69, 9.17) is 16.3 Å². The van der Waals surface area contributed by atoms with Crippen LogP contribution >= 0.6 is 27.5 Å². The van der Waals surface area contributed by atoms with Crippen molar-refractivity contribution >= 4 is 39.3 Å². The van der Waals surface area contributed by atoms with Crippen LogP contribution in [0.3, 0.4) is 0 Å². The molecule has 0 saturated heterocycles. The largest absolute Gasteiger partial charge is 0.490 e. The van der Waals surface area contributed by atoms with Crippen LogP contribution in [0.4, 0.5) is 0 Å². The van der Waals surface area contributed by atoms with E-state index in [0.717, 1.165) is 24.1 Å². The lowest BCUT2D eigenvalue weighted by Gasteiger charge is -2.34. The van der Waals surface area contributed by atoms with Gasteiger partial charge in [-0.2, -0.15) is 5.10 Å². The van der Waals surface area contributed by atoms with Crippen LogP contribution in [0.2, 0.25) is 5.02 Å². The summed E-state index contributed by atoms with van der Waals surface area (Å²) in [5.41, 5.74) is 2.76. The quantitative estimate of drug-likeness (QED) is 0.239. The molecule has 234 valence electrons. The molecule has 11 nitrogen and oxygen atoms in total. The number of nitrogens with zero attached hydrogens (tertiary/aromatic N) is 6. The molecule has 1 unspecified atom stereocenters. The van der Waals surface area contributed by atoms with Crippen molar-refractivity contribution in [2.24, 2.45) is 0 Å². The normalized spacial score (nSPS) is 15.8. The van der Waals surface area contributed by atoms with Crippen molar-refractivity contribution in [3.05, 3.63) is 122 Å². The summed E-state index contributed by atoms with van der Waals surface area (Å²) in [5, 5.41) is 7.66. The van der Waals surface area contributed by atoms with Crippen LogP contribution in [0.5, 0.6) is 5.75 Å². The topological polar surface area (TPSA) is 116 Å². The summed E-state index contributed by atoms with van der Waals surface area (Å²) in [6, 6.07) is 19.4. The minimum Gasteiger partial charge on any atom is -0.490 e. The summed E-state index contributed by atoms with van der Waals surface area (Å²) in [4.78, 5) is 47.6. The molecule has 1 N–H and O–H groups in total. The Morgan fingerprint density at radius 3 is 2.59 bits per heavy atom. The van der Waals surface area contributed by atoms with Gasteiger partial charge in [0.15, 0.2) is 0 Å². The van der Waals surface area contributed by atoms with E-state index in [0.29, 0.717) is 32.2 Å². The zero-order valence-electron chi connectivity index (χ0n) is 24.8. The maximum Gasteiger partial charge on any atom is 0.333 e. The molecule has 2 amide bonds. The number of carbonyl (C=O) groups excluding carboxylic acids is 2. The van der Waals surface area contributed by atoms with Crippen molar-refractivity contribution < 1.29 is 14.3 Å². The predicted molar refractivity (Wildman–Crippen MR) is 175 cm³/mol. The van der Waals surface area contributed by atoms with Crippen LogP contribution in [0, 0.1) is 0 Å². The van der Waals surface area contributed by atoms with Crippen molar-refractivity contribution in [3.63, 3.8) is 0 Å². The van der Waals surface area contributed by atoms with Crippen LogP contribution in [0.25, 0.3) is 11.4 Å². The molecule has 2 aromatic heterocycles.